The average molecular weight is 196 g/mol. The van der Waals surface area contributed by atoms with Crippen molar-refractivity contribution in [2.45, 2.75) is 48.0 Å². The molecule has 0 amide bonds. The number of hydrogen-bond acceptors (Lipinski definition) is 0. The van der Waals surface area contributed by atoms with Crippen molar-refractivity contribution in [1.29, 1.82) is 0 Å². The minimum atomic E-state index is 0.678. The van der Waals surface area contributed by atoms with Crippen molar-refractivity contribution < 1.29 is 0 Å². The summed E-state index contributed by atoms with van der Waals surface area (Å²) < 4.78 is 0. The van der Waals surface area contributed by atoms with E-state index in [1.54, 1.807) is 0 Å². The minimum absolute atomic E-state index is 0.678. The van der Waals surface area contributed by atoms with E-state index in [2.05, 4.69) is 54.2 Å². The van der Waals surface area contributed by atoms with Gasteiger partial charge in [0.2, 0.25) is 0 Å². The van der Waals surface area contributed by atoms with Gasteiger partial charge in [0.05, 0.1) is 0 Å². The van der Waals surface area contributed by atoms with E-state index in [-0.39, 0.29) is 0 Å². The highest BCUT2D eigenvalue weighted by molar-refractivity contribution is 4.88. The monoisotopic (exact) mass is 196 g/mol. The molecular weight excluding hydrogens is 168 g/mol. The zero-order chi connectivity index (χ0) is 11.3. The third kappa shape index (κ3) is 4.30. The first-order valence-electron chi connectivity index (χ1n) is 6.02. The van der Waals surface area contributed by atoms with Crippen LogP contribution >= 0.6 is 0 Å². The smallest absolute Gasteiger partial charge is 0.0182 e. The summed E-state index contributed by atoms with van der Waals surface area (Å²) in [5.74, 6) is 3.76. The molecule has 0 aliphatic carbocycles. The van der Waals surface area contributed by atoms with Crippen LogP contribution in [-0.2, 0) is 0 Å². The molecule has 0 saturated carbocycles. The molecule has 0 heteroatoms. The van der Waals surface area contributed by atoms with E-state index >= 15 is 0 Å². The Balaban J connectivity index is 4.52. The van der Waals surface area contributed by atoms with Gasteiger partial charge in [0.1, 0.15) is 0 Å². The normalized spacial score (nSPS) is 16.4. The molecule has 0 rings (SSSR count). The second-order valence-electron chi connectivity index (χ2n) is 5.59. The Kier molecular flexibility index (Phi) is 6.15. The van der Waals surface area contributed by atoms with Gasteiger partial charge in [-0.05, 0) is 36.0 Å². The van der Waals surface area contributed by atoms with Crippen molar-refractivity contribution in [2.75, 3.05) is 0 Å². The molecule has 0 aliphatic rings. The Labute approximate surface area is 90.8 Å². The van der Waals surface area contributed by atoms with Crippen LogP contribution in [0.3, 0.4) is 0 Å². The zero-order valence-electron chi connectivity index (χ0n) is 10.9. The zero-order valence-corrected chi connectivity index (χ0v) is 10.9. The molecule has 0 aromatic rings. The molecule has 2 unspecified atom stereocenters. The summed E-state index contributed by atoms with van der Waals surface area (Å²) in [4.78, 5) is 0. The van der Waals surface area contributed by atoms with Gasteiger partial charge in [0.15, 0.2) is 0 Å². The van der Waals surface area contributed by atoms with E-state index in [9.17, 15) is 0 Å². The van der Waals surface area contributed by atoms with Crippen molar-refractivity contribution in [3.63, 3.8) is 0 Å². The summed E-state index contributed by atoms with van der Waals surface area (Å²) in [5, 5.41) is 0. The standard InChI is InChI=1S/C14H28/c1-8-13(11(4)5)14(12(6)7)9-10(2)3/h8,10-14H,1,9H2,2-7H3. The first-order chi connectivity index (χ1) is 6.40. The lowest BCUT2D eigenvalue weighted by molar-refractivity contribution is 0.206. The van der Waals surface area contributed by atoms with Gasteiger partial charge in [-0.2, -0.15) is 0 Å². The Bertz CT molecular complexity index is 153. The predicted octanol–water partition coefficient (Wildman–Crippen LogP) is 4.76. The van der Waals surface area contributed by atoms with Crippen LogP contribution in [0.1, 0.15) is 48.0 Å². The summed E-state index contributed by atoms with van der Waals surface area (Å²) in [6, 6.07) is 0. The van der Waals surface area contributed by atoms with Crippen LogP contribution in [0.25, 0.3) is 0 Å². The van der Waals surface area contributed by atoms with Crippen molar-refractivity contribution in [1.82, 2.24) is 0 Å². The molecule has 0 radical (unpaired) electrons. The molecule has 0 bridgehead atoms. The third-order valence-electron chi connectivity index (χ3n) is 3.14. The molecule has 0 nitrogen and oxygen atoms in total. The summed E-state index contributed by atoms with van der Waals surface area (Å²) in [6.07, 6.45) is 3.49. The maximum absolute atomic E-state index is 3.99. The summed E-state index contributed by atoms with van der Waals surface area (Å²) in [6.45, 7) is 17.9. The third-order valence-corrected chi connectivity index (χ3v) is 3.14. The topological polar surface area (TPSA) is 0 Å². The molecule has 0 aliphatic heterocycles. The maximum Gasteiger partial charge on any atom is -0.0182 e. The molecule has 0 N–H and O–H groups in total. The van der Waals surface area contributed by atoms with Crippen molar-refractivity contribution in [3.8, 4) is 0 Å². The van der Waals surface area contributed by atoms with E-state index in [0.717, 1.165) is 23.7 Å². The van der Waals surface area contributed by atoms with Gasteiger partial charge in [-0.1, -0.05) is 47.6 Å². The maximum atomic E-state index is 3.99. The number of rotatable bonds is 6. The van der Waals surface area contributed by atoms with E-state index in [0.29, 0.717) is 5.92 Å². The average Bonchev–Trinajstić information content (AvgIpc) is 2.02. The van der Waals surface area contributed by atoms with Gasteiger partial charge in [0, 0.05) is 0 Å². The fourth-order valence-corrected chi connectivity index (χ4v) is 2.36. The fourth-order valence-electron chi connectivity index (χ4n) is 2.36. The summed E-state index contributed by atoms with van der Waals surface area (Å²) >= 11 is 0. The van der Waals surface area contributed by atoms with Crippen molar-refractivity contribution >= 4 is 0 Å². The molecule has 0 spiro atoms. The quantitative estimate of drug-likeness (QED) is 0.537. The predicted molar refractivity (Wildman–Crippen MR) is 66.3 cm³/mol. The highest BCUT2D eigenvalue weighted by atomic mass is 14.3. The van der Waals surface area contributed by atoms with E-state index in [1.807, 2.05) is 0 Å². The molecule has 0 fully saturated rings. The first-order valence-corrected chi connectivity index (χ1v) is 6.02. The fraction of sp³-hybridized carbons (Fsp3) is 0.857. The molecule has 2 atom stereocenters. The van der Waals surface area contributed by atoms with Gasteiger partial charge < -0.3 is 0 Å². The van der Waals surface area contributed by atoms with Crippen LogP contribution in [0.15, 0.2) is 12.7 Å². The highest BCUT2D eigenvalue weighted by Gasteiger charge is 2.25. The van der Waals surface area contributed by atoms with Crippen LogP contribution < -0.4 is 0 Å². The molecule has 84 valence electrons. The van der Waals surface area contributed by atoms with Crippen LogP contribution in [0.4, 0.5) is 0 Å². The van der Waals surface area contributed by atoms with Gasteiger partial charge >= 0.3 is 0 Å². The molecule has 14 heavy (non-hydrogen) atoms. The van der Waals surface area contributed by atoms with Crippen molar-refractivity contribution in [2.24, 2.45) is 29.6 Å². The lowest BCUT2D eigenvalue weighted by Gasteiger charge is -2.32. The number of allylic oxidation sites excluding steroid dienone is 1. The first kappa shape index (κ1) is 13.7. The SMILES string of the molecule is C=CC(C(C)C)C(CC(C)C)C(C)C. The Morgan fingerprint density at radius 2 is 1.43 bits per heavy atom. The second kappa shape index (κ2) is 6.27. The molecule has 0 aromatic heterocycles. The largest absolute Gasteiger partial charge is 0.103 e. The summed E-state index contributed by atoms with van der Waals surface area (Å²) in [5.41, 5.74) is 0. The van der Waals surface area contributed by atoms with Gasteiger partial charge in [0.25, 0.3) is 0 Å². The number of hydrogen-bond donors (Lipinski definition) is 0. The van der Waals surface area contributed by atoms with Crippen LogP contribution in [-0.4, -0.2) is 0 Å². The van der Waals surface area contributed by atoms with Gasteiger partial charge in [-0.25, -0.2) is 0 Å². The lowest BCUT2D eigenvalue weighted by Crippen LogP contribution is -2.24. The van der Waals surface area contributed by atoms with Crippen LogP contribution in [0.2, 0.25) is 0 Å². The molecule has 0 heterocycles. The summed E-state index contributed by atoms with van der Waals surface area (Å²) in [7, 11) is 0. The van der Waals surface area contributed by atoms with E-state index in [1.165, 1.54) is 6.42 Å². The van der Waals surface area contributed by atoms with Crippen molar-refractivity contribution in [3.05, 3.63) is 12.7 Å². The molecule has 0 aromatic carbocycles. The van der Waals surface area contributed by atoms with Gasteiger partial charge in [-0.15, -0.1) is 6.58 Å². The Morgan fingerprint density at radius 1 is 0.929 bits per heavy atom. The van der Waals surface area contributed by atoms with Crippen LogP contribution in [0.5, 0.6) is 0 Å². The highest BCUT2D eigenvalue weighted by Crippen LogP contribution is 2.33. The molecule has 0 saturated heterocycles. The van der Waals surface area contributed by atoms with E-state index < -0.39 is 0 Å². The lowest BCUT2D eigenvalue weighted by atomic mass is 9.73. The van der Waals surface area contributed by atoms with E-state index in [4.69, 9.17) is 0 Å². The Hall–Kier alpha value is -0.260. The second-order valence-corrected chi connectivity index (χ2v) is 5.59. The van der Waals surface area contributed by atoms with Gasteiger partial charge in [-0.3, -0.25) is 0 Å². The minimum Gasteiger partial charge on any atom is -0.103 e. The Morgan fingerprint density at radius 3 is 1.64 bits per heavy atom. The molecular formula is C14H28. The van der Waals surface area contributed by atoms with Crippen LogP contribution in [0, 0.1) is 29.6 Å².